The van der Waals surface area contributed by atoms with E-state index >= 15 is 0 Å². The van der Waals surface area contributed by atoms with Gasteiger partial charge < -0.3 is 5.32 Å². The molecular weight excluding hydrogens is 158 g/mol. The van der Waals surface area contributed by atoms with Gasteiger partial charge in [0, 0.05) is 18.0 Å². The van der Waals surface area contributed by atoms with Gasteiger partial charge in [-0.2, -0.15) is 0 Å². The second-order valence-corrected chi connectivity index (χ2v) is 4.07. The molecule has 1 saturated carbocycles. The minimum atomic E-state index is 0.430. The third-order valence-electron chi connectivity index (χ3n) is 2.00. The number of halogens is 1. The summed E-state index contributed by atoms with van der Waals surface area (Å²) in [7, 11) is 0. The number of nitrogens with one attached hydrogen (secondary N) is 1. The Balaban J connectivity index is 2.01. The van der Waals surface area contributed by atoms with Gasteiger partial charge in [0.05, 0.1) is 0 Å². The third kappa shape index (κ3) is 3.26. The first-order valence-corrected chi connectivity index (χ1v) is 4.63. The van der Waals surface area contributed by atoms with Crippen LogP contribution in [0.5, 0.6) is 0 Å². The van der Waals surface area contributed by atoms with E-state index in [-0.39, 0.29) is 0 Å². The molecule has 1 fully saturated rings. The first kappa shape index (κ1) is 9.08. The van der Waals surface area contributed by atoms with E-state index in [1.807, 2.05) is 0 Å². The van der Waals surface area contributed by atoms with Crippen molar-refractivity contribution in [1.29, 1.82) is 0 Å². The summed E-state index contributed by atoms with van der Waals surface area (Å²) in [6, 6.07) is 0.674. The monoisotopic (exact) mass is 173 g/mol. The van der Waals surface area contributed by atoms with Crippen LogP contribution in [-0.4, -0.2) is 18.0 Å². The first-order chi connectivity index (χ1) is 5.18. The molecule has 0 bridgehead atoms. The molecule has 0 unspecified atom stereocenters. The molecule has 0 aromatic heterocycles. The van der Waals surface area contributed by atoms with E-state index in [2.05, 4.69) is 25.2 Å². The Morgan fingerprint density at radius 1 is 1.55 bits per heavy atom. The molecule has 0 heterocycles. The summed E-state index contributed by atoms with van der Waals surface area (Å²) in [5.74, 6) is 0. The van der Waals surface area contributed by atoms with E-state index in [1.165, 1.54) is 5.57 Å². The number of hydrogen-bond acceptors (Lipinski definition) is 1. The van der Waals surface area contributed by atoms with Crippen LogP contribution < -0.4 is 5.32 Å². The van der Waals surface area contributed by atoms with Crippen molar-refractivity contribution in [2.45, 2.75) is 38.1 Å². The Labute approximate surface area is 73.8 Å². The molecule has 11 heavy (non-hydrogen) atoms. The Morgan fingerprint density at radius 2 is 2.18 bits per heavy atom. The van der Waals surface area contributed by atoms with Gasteiger partial charge in [0.2, 0.25) is 0 Å². The van der Waals surface area contributed by atoms with Crippen LogP contribution in [0.3, 0.4) is 0 Å². The molecule has 1 nitrogen and oxygen atoms in total. The van der Waals surface area contributed by atoms with Crippen LogP contribution in [0.1, 0.15) is 26.7 Å². The molecule has 0 aliphatic heterocycles. The van der Waals surface area contributed by atoms with Gasteiger partial charge in [0.1, 0.15) is 0 Å². The normalized spacial score (nSPS) is 29.4. The summed E-state index contributed by atoms with van der Waals surface area (Å²) in [5.41, 5.74) is 1.37. The van der Waals surface area contributed by atoms with Gasteiger partial charge in [-0.3, -0.25) is 0 Å². The van der Waals surface area contributed by atoms with Crippen LogP contribution in [-0.2, 0) is 0 Å². The second kappa shape index (κ2) is 4.13. The summed E-state index contributed by atoms with van der Waals surface area (Å²) in [5, 5.41) is 3.85. The lowest BCUT2D eigenvalue weighted by atomic mass is 9.92. The summed E-state index contributed by atoms with van der Waals surface area (Å²) in [6.07, 6.45) is 4.48. The fraction of sp³-hybridized carbons (Fsp3) is 0.778. The lowest BCUT2D eigenvalue weighted by molar-refractivity contribution is 0.358. The van der Waals surface area contributed by atoms with Crippen LogP contribution >= 0.6 is 11.6 Å². The lowest BCUT2D eigenvalue weighted by Gasteiger charge is -2.31. The van der Waals surface area contributed by atoms with E-state index in [9.17, 15) is 0 Å². The second-order valence-electron chi connectivity index (χ2n) is 3.46. The smallest absolute Gasteiger partial charge is 0.0365 e. The van der Waals surface area contributed by atoms with E-state index in [1.54, 1.807) is 0 Å². The van der Waals surface area contributed by atoms with Crippen LogP contribution in [0.25, 0.3) is 0 Å². The van der Waals surface area contributed by atoms with Crippen molar-refractivity contribution in [2.75, 3.05) is 6.54 Å². The van der Waals surface area contributed by atoms with Crippen molar-refractivity contribution < 1.29 is 0 Å². The molecule has 1 aliphatic carbocycles. The van der Waals surface area contributed by atoms with Gasteiger partial charge in [0.25, 0.3) is 0 Å². The third-order valence-corrected chi connectivity index (χ3v) is 2.35. The van der Waals surface area contributed by atoms with Crippen LogP contribution in [0.15, 0.2) is 11.6 Å². The molecule has 1 N–H and O–H groups in total. The van der Waals surface area contributed by atoms with Crippen LogP contribution in [0.2, 0.25) is 0 Å². The predicted molar refractivity (Wildman–Crippen MR) is 50.1 cm³/mol. The maximum atomic E-state index is 5.83. The van der Waals surface area contributed by atoms with Gasteiger partial charge in [-0.05, 0) is 26.7 Å². The maximum absolute atomic E-state index is 5.83. The van der Waals surface area contributed by atoms with E-state index in [0.29, 0.717) is 11.4 Å². The molecule has 0 atom stereocenters. The van der Waals surface area contributed by atoms with Crippen molar-refractivity contribution >= 4 is 11.6 Å². The Hall–Kier alpha value is -0.0100. The van der Waals surface area contributed by atoms with E-state index in [4.69, 9.17) is 11.6 Å². The highest BCUT2D eigenvalue weighted by atomic mass is 35.5. The number of hydrogen-bond donors (Lipinski definition) is 1. The molecular formula is C9H16ClN. The quantitative estimate of drug-likeness (QED) is 0.510. The summed E-state index contributed by atoms with van der Waals surface area (Å²) >= 11 is 5.83. The first-order valence-electron chi connectivity index (χ1n) is 4.19. The summed E-state index contributed by atoms with van der Waals surface area (Å²) in [6.45, 7) is 5.23. The fourth-order valence-electron chi connectivity index (χ4n) is 1.14. The van der Waals surface area contributed by atoms with Gasteiger partial charge in [-0.15, -0.1) is 11.6 Å². The minimum absolute atomic E-state index is 0.430. The SMILES string of the molecule is CC(C)=CCNC1CC(Cl)C1. The molecule has 0 aromatic rings. The highest BCUT2D eigenvalue weighted by Gasteiger charge is 2.25. The fourth-order valence-corrected chi connectivity index (χ4v) is 1.57. The van der Waals surface area contributed by atoms with Gasteiger partial charge >= 0.3 is 0 Å². The van der Waals surface area contributed by atoms with Crippen molar-refractivity contribution in [3.63, 3.8) is 0 Å². The zero-order valence-corrected chi connectivity index (χ0v) is 7.99. The average Bonchev–Trinajstić information content (AvgIpc) is 1.83. The van der Waals surface area contributed by atoms with Crippen molar-refractivity contribution in [2.24, 2.45) is 0 Å². The lowest BCUT2D eigenvalue weighted by Crippen LogP contribution is -2.41. The highest BCUT2D eigenvalue weighted by Crippen LogP contribution is 2.24. The molecule has 1 aliphatic rings. The zero-order chi connectivity index (χ0) is 8.27. The van der Waals surface area contributed by atoms with Gasteiger partial charge in [-0.25, -0.2) is 0 Å². The van der Waals surface area contributed by atoms with E-state index in [0.717, 1.165) is 19.4 Å². The average molecular weight is 174 g/mol. The minimum Gasteiger partial charge on any atom is -0.310 e. The maximum Gasteiger partial charge on any atom is 0.0365 e. The van der Waals surface area contributed by atoms with Crippen molar-refractivity contribution in [1.82, 2.24) is 5.32 Å². The summed E-state index contributed by atoms with van der Waals surface area (Å²) in [4.78, 5) is 0. The molecule has 0 radical (unpaired) electrons. The molecule has 64 valence electrons. The molecule has 0 saturated heterocycles. The Kier molecular flexibility index (Phi) is 3.41. The molecule has 0 amide bonds. The molecule has 1 rings (SSSR count). The van der Waals surface area contributed by atoms with Crippen molar-refractivity contribution in [3.8, 4) is 0 Å². The largest absolute Gasteiger partial charge is 0.310 e. The number of alkyl halides is 1. The van der Waals surface area contributed by atoms with E-state index < -0.39 is 0 Å². The van der Waals surface area contributed by atoms with Gasteiger partial charge in [-0.1, -0.05) is 11.6 Å². The Bertz CT molecular complexity index is 144. The standard InChI is InChI=1S/C9H16ClN/c1-7(2)3-4-11-9-5-8(10)6-9/h3,8-9,11H,4-6H2,1-2H3. The molecule has 2 heteroatoms. The number of rotatable bonds is 3. The number of allylic oxidation sites excluding steroid dienone is 1. The highest BCUT2D eigenvalue weighted by molar-refractivity contribution is 6.21. The molecule has 0 aromatic carbocycles. The van der Waals surface area contributed by atoms with Crippen LogP contribution in [0.4, 0.5) is 0 Å². The van der Waals surface area contributed by atoms with Crippen LogP contribution in [0, 0.1) is 0 Å². The molecule has 0 spiro atoms. The predicted octanol–water partition coefficient (Wildman–Crippen LogP) is 2.31. The Morgan fingerprint density at radius 3 is 2.64 bits per heavy atom. The topological polar surface area (TPSA) is 12.0 Å². The van der Waals surface area contributed by atoms with Gasteiger partial charge in [0.15, 0.2) is 0 Å². The summed E-state index contributed by atoms with van der Waals surface area (Å²) < 4.78 is 0. The zero-order valence-electron chi connectivity index (χ0n) is 7.23. The van der Waals surface area contributed by atoms with Crippen molar-refractivity contribution in [3.05, 3.63) is 11.6 Å².